The van der Waals surface area contributed by atoms with Crippen molar-refractivity contribution >= 4 is 0 Å². The lowest BCUT2D eigenvalue weighted by Gasteiger charge is -2.12. The Labute approximate surface area is 106 Å². The monoisotopic (exact) mass is 242 g/mol. The van der Waals surface area contributed by atoms with Crippen LogP contribution >= 0.6 is 0 Å². The molecule has 0 N–H and O–H groups in total. The minimum absolute atomic E-state index is 0.196. The van der Waals surface area contributed by atoms with Crippen LogP contribution < -0.4 is 4.74 Å². The van der Waals surface area contributed by atoms with Gasteiger partial charge in [-0.1, -0.05) is 18.2 Å². The number of halogens is 1. The number of ether oxygens (including phenoxy) is 1. The average Bonchev–Trinajstić information content (AvgIpc) is 2.74. The molecule has 1 aliphatic rings. The molecule has 0 spiro atoms. The van der Waals surface area contributed by atoms with Crippen LogP contribution in [-0.4, -0.2) is 6.61 Å². The van der Waals surface area contributed by atoms with Gasteiger partial charge in [-0.05, 0) is 48.7 Å². The fraction of sp³-hybridized carbons (Fsp3) is 0.250. The maximum atomic E-state index is 13.0. The number of hydrogen-bond donors (Lipinski definition) is 0. The first-order valence-electron chi connectivity index (χ1n) is 6.14. The number of benzene rings is 2. The highest BCUT2D eigenvalue weighted by molar-refractivity contribution is 5.51. The van der Waals surface area contributed by atoms with E-state index in [1.807, 2.05) is 12.1 Å². The highest BCUT2D eigenvalue weighted by atomic mass is 19.1. The van der Waals surface area contributed by atoms with E-state index in [-0.39, 0.29) is 11.7 Å². The summed E-state index contributed by atoms with van der Waals surface area (Å²) in [5, 5.41) is 0. The van der Waals surface area contributed by atoms with Crippen molar-refractivity contribution in [1.82, 2.24) is 0 Å². The van der Waals surface area contributed by atoms with E-state index in [0.29, 0.717) is 6.61 Å². The average molecular weight is 242 g/mol. The molecule has 3 rings (SSSR count). The second-order valence-electron chi connectivity index (χ2n) is 4.91. The fourth-order valence-corrected chi connectivity index (χ4v) is 2.72. The molecule has 2 aromatic carbocycles. The molecule has 0 saturated heterocycles. The van der Waals surface area contributed by atoms with Crippen molar-refractivity contribution < 1.29 is 9.13 Å². The first kappa shape index (κ1) is 11.3. The van der Waals surface area contributed by atoms with E-state index < -0.39 is 0 Å². The molecule has 92 valence electrons. The number of hydrogen-bond acceptors (Lipinski definition) is 1. The van der Waals surface area contributed by atoms with E-state index >= 15 is 0 Å². The van der Waals surface area contributed by atoms with Crippen molar-refractivity contribution in [2.24, 2.45) is 0 Å². The molecule has 2 heteroatoms. The minimum atomic E-state index is -0.196. The predicted molar refractivity (Wildman–Crippen MR) is 69.7 cm³/mol. The smallest absolute Gasteiger partial charge is 0.123 e. The molecular formula is C16H15FO. The first-order valence-corrected chi connectivity index (χ1v) is 6.14. The van der Waals surface area contributed by atoms with Gasteiger partial charge in [-0.25, -0.2) is 4.39 Å². The summed E-state index contributed by atoms with van der Waals surface area (Å²) in [7, 11) is 0. The lowest BCUT2D eigenvalue weighted by atomic mass is 9.89. The summed E-state index contributed by atoms with van der Waals surface area (Å²) in [6, 6.07) is 11.0. The first-order chi connectivity index (χ1) is 8.65. The van der Waals surface area contributed by atoms with Gasteiger partial charge in [0.05, 0.1) is 6.61 Å². The molecule has 0 saturated carbocycles. The maximum Gasteiger partial charge on any atom is 0.123 e. The van der Waals surface area contributed by atoms with Crippen molar-refractivity contribution in [2.75, 3.05) is 6.61 Å². The third-order valence-electron chi connectivity index (χ3n) is 3.52. The lowest BCUT2D eigenvalue weighted by Crippen LogP contribution is -2.03. The summed E-state index contributed by atoms with van der Waals surface area (Å²) in [5.41, 5.74) is 4.82. The van der Waals surface area contributed by atoms with Crippen LogP contribution in [0.5, 0.6) is 5.75 Å². The van der Waals surface area contributed by atoms with Gasteiger partial charge in [0, 0.05) is 11.5 Å². The quantitative estimate of drug-likeness (QED) is 0.735. The second-order valence-corrected chi connectivity index (χ2v) is 4.91. The van der Waals surface area contributed by atoms with E-state index in [1.54, 1.807) is 0 Å². The largest absolute Gasteiger partial charge is 0.492 e. The molecule has 1 aliphatic heterocycles. The Balaban J connectivity index is 2.07. The second kappa shape index (κ2) is 4.13. The summed E-state index contributed by atoms with van der Waals surface area (Å²) >= 11 is 0. The highest BCUT2D eigenvalue weighted by Gasteiger charge is 2.27. The van der Waals surface area contributed by atoms with Gasteiger partial charge in [0.15, 0.2) is 0 Å². The van der Waals surface area contributed by atoms with Crippen LogP contribution in [0.1, 0.15) is 28.2 Å². The maximum absolute atomic E-state index is 13.0. The van der Waals surface area contributed by atoms with Gasteiger partial charge in [0.2, 0.25) is 0 Å². The Kier molecular flexibility index (Phi) is 2.58. The van der Waals surface area contributed by atoms with E-state index in [9.17, 15) is 4.39 Å². The van der Waals surface area contributed by atoms with Crippen molar-refractivity contribution in [1.29, 1.82) is 0 Å². The Morgan fingerprint density at radius 3 is 2.56 bits per heavy atom. The molecule has 18 heavy (non-hydrogen) atoms. The third kappa shape index (κ3) is 1.78. The predicted octanol–water partition coefficient (Wildman–Crippen LogP) is 3.97. The van der Waals surface area contributed by atoms with Crippen molar-refractivity contribution in [3.05, 3.63) is 64.5 Å². The molecule has 0 radical (unpaired) electrons. The van der Waals surface area contributed by atoms with Crippen molar-refractivity contribution in [3.63, 3.8) is 0 Å². The molecule has 0 aliphatic carbocycles. The molecule has 1 nitrogen and oxygen atoms in total. The van der Waals surface area contributed by atoms with E-state index in [2.05, 4.69) is 26.0 Å². The van der Waals surface area contributed by atoms with E-state index in [1.165, 1.54) is 28.8 Å². The summed E-state index contributed by atoms with van der Waals surface area (Å²) in [6.45, 7) is 4.82. The normalized spacial score (nSPS) is 17.4. The molecule has 0 aromatic heterocycles. The van der Waals surface area contributed by atoms with Crippen molar-refractivity contribution in [2.45, 2.75) is 19.8 Å². The fourth-order valence-electron chi connectivity index (χ4n) is 2.72. The standard InChI is InChI=1S/C16H15FO/c1-10-7-11(2)16-14(9-18-15(16)8-10)12-3-5-13(17)6-4-12/h3-8,14H,9H2,1-2H3. The summed E-state index contributed by atoms with van der Waals surface area (Å²) in [5.74, 6) is 1.00. The summed E-state index contributed by atoms with van der Waals surface area (Å²) < 4.78 is 18.7. The molecule has 0 amide bonds. The third-order valence-corrected chi connectivity index (χ3v) is 3.52. The van der Waals surface area contributed by atoms with Gasteiger partial charge in [-0.2, -0.15) is 0 Å². The Hall–Kier alpha value is -1.83. The topological polar surface area (TPSA) is 9.23 Å². The van der Waals surface area contributed by atoms with Gasteiger partial charge in [0.1, 0.15) is 11.6 Å². The minimum Gasteiger partial charge on any atom is -0.492 e. The van der Waals surface area contributed by atoms with Gasteiger partial charge in [-0.15, -0.1) is 0 Å². The van der Waals surface area contributed by atoms with Gasteiger partial charge in [0.25, 0.3) is 0 Å². The molecule has 0 bridgehead atoms. The van der Waals surface area contributed by atoms with Crippen LogP contribution in [0.3, 0.4) is 0 Å². The molecular weight excluding hydrogens is 227 g/mol. The van der Waals surface area contributed by atoms with Crippen LogP contribution in [0.25, 0.3) is 0 Å². The highest BCUT2D eigenvalue weighted by Crippen LogP contribution is 2.40. The van der Waals surface area contributed by atoms with E-state index in [4.69, 9.17) is 4.74 Å². The molecule has 1 heterocycles. The zero-order valence-corrected chi connectivity index (χ0v) is 10.5. The lowest BCUT2D eigenvalue weighted by molar-refractivity contribution is 0.343. The number of aryl methyl sites for hydroxylation is 2. The molecule has 2 aromatic rings. The van der Waals surface area contributed by atoms with Crippen molar-refractivity contribution in [3.8, 4) is 5.75 Å². The van der Waals surface area contributed by atoms with E-state index in [0.717, 1.165) is 11.3 Å². The SMILES string of the molecule is Cc1cc(C)c2c(c1)OCC2c1ccc(F)cc1. The Bertz CT molecular complexity index is 587. The number of fused-ring (bicyclic) bond motifs is 1. The molecule has 0 fully saturated rings. The van der Waals surface area contributed by atoms with Gasteiger partial charge < -0.3 is 4.74 Å². The molecule has 1 atom stereocenters. The number of rotatable bonds is 1. The van der Waals surface area contributed by atoms with Gasteiger partial charge >= 0.3 is 0 Å². The zero-order valence-electron chi connectivity index (χ0n) is 10.5. The van der Waals surface area contributed by atoms with Crippen LogP contribution in [0, 0.1) is 19.7 Å². The Morgan fingerprint density at radius 2 is 1.83 bits per heavy atom. The van der Waals surface area contributed by atoms with Crippen LogP contribution in [0.4, 0.5) is 4.39 Å². The summed E-state index contributed by atoms with van der Waals surface area (Å²) in [6.07, 6.45) is 0. The molecule has 1 unspecified atom stereocenters. The van der Waals surface area contributed by atoms with Crippen LogP contribution in [0.15, 0.2) is 36.4 Å². The Morgan fingerprint density at radius 1 is 1.11 bits per heavy atom. The zero-order chi connectivity index (χ0) is 12.7. The van der Waals surface area contributed by atoms with Gasteiger partial charge in [-0.3, -0.25) is 0 Å². The summed E-state index contributed by atoms with van der Waals surface area (Å²) in [4.78, 5) is 0. The van der Waals surface area contributed by atoms with Crippen LogP contribution in [-0.2, 0) is 0 Å². The van der Waals surface area contributed by atoms with Crippen LogP contribution in [0.2, 0.25) is 0 Å².